The van der Waals surface area contributed by atoms with Crippen LogP contribution >= 0.6 is 0 Å². The molecule has 7 heteroatoms. The first-order valence-corrected chi connectivity index (χ1v) is 6.78. The van der Waals surface area contributed by atoms with E-state index in [1.54, 1.807) is 23.1 Å². The second-order valence-corrected chi connectivity index (χ2v) is 5.15. The van der Waals surface area contributed by atoms with E-state index in [0.29, 0.717) is 11.6 Å². The van der Waals surface area contributed by atoms with Gasteiger partial charge in [-0.2, -0.15) is 0 Å². The molecule has 3 rings (SSSR count). The highest BCUT2D eigenvalue weighted by molar-refractivity contribution is 5.83. The lowest BCUT2D eigenvalue weighted by Gasteiger charge is -2.39. The minimum Gasteiger partial charge on any atom is -0.481 e. The molecular weight excluding hydrogens is 276 g/mol. The van der Waals surface area contributed by atoms with Crippen LogP contribution in [0.1, 0.15) is 24.6 Å². The van der Waals surface area contributed by atoms with Crippen molar-refractivity contribution in [2.75, 3.05) is 13.7 Å². The van der Waals surface area contributed by atoms with E-state index in [-0.39, 0.29) is 18.6 Å². The highest BCUT2D eigenvalue weighted by Gasteiger charge is 2.48. The van der Waals surface area contributed by atoms with E-state index in [9.17, 15) is 14.7 Å². The number of hydrogen-bond donors (Lipinski definition) is 1. The Bertz CT molecular complexity index is 572. The van der Waals surface area contributed by atoms with Crippen LogP contribution in [0.5, 0.6) is 5.88 Å². The average Bonchev–Trinajstić information content (AvgIpc) is 3.31. The van der Waals surface area contributed by atoms with Crippen LogP contribution in [0.4, 0.5) is 0 Å². The van der Waals surface area contributed by atoms with Crippen LogP contribution in [0.3, 0.4) is 0 Å². The van der Waals surface area contributed by atoms with Gasteiger partial charge in [-0.25, -0.2) is 9.78 Å². The zero-order valence-electron chi connectivity index (χ0n) is 11.6. The van der Waals surface area contributed by atoms with Gasteiger partial charge in [0.05, 0.1) is 12.8 Å². The van der Waals surface area contributed by atoms with Crippen molar-refractivity contribution in [2.45, 2.75) is 31.0 Å². The largest absolute Gasteiger partial charge is 0.481 e. The number of aliphatic carboxylic acids is 1. The van der Waals surface area contributed by atoms with Gasteiger partial charge in [0, 0.05) is 12.1 Å². The van der Waals surface area contributed by atoms with Crippen LogP contribution in [0.25, 0.3) is 0 Å². The summed E-state index contributed by atoms with van der Waals surface area (Å²) in [5.74, 6) is -0.905. The third-order valence-corrected chi connectivity index (χ3v) is 3.70. The molecule has 2 atom stereocenters. The van der Waals surface area contributed by atoms with Crippen molar-refractivity contribution in [2.24, 2.45) is 0 Å². The number of amides is 1. The summed E-state index contributed by atoms with van der Waals surface area (Å²) in [6, 6.07) is 4.46. The monoisotopic (exact) mass is 292 g/mol. The molecule has 0 aromatic carbocycles. The summed E-state index contributed by atoms with van der Waals surface area (Å²) in [6.45, 7) is -0.200. The van der Waals surface area contributed by atoms with Crippen LogP contribution in [0.2, 0.25) is 0 Å². The van der Waals surface area contributed by atoms with E-state index in [2.05, 4.69) is 4.98 Å². The summed E-state index contributed by atoms with van der Waals surface area (Å²) >= 11 is 0. The maximum atomic E-state index is 12.1. The maximum absolute atomic E-state index is 12.1. The highest BCUT2D eigenvalue weighted by Crippen LogP contribution is 2.39. The SMILES string of the molecule is COc1cccc(C2C(C(=O)O)OCC(=O)N2C2CC2)n1. The third-order valence-electron chi connectivity index (χ3n) is 3.70. The number of carbonyl (C=O) groups excluding carboxylic acids is 1. The minimum atomic E-state index is -1.11. The standard InChI is InChI=1S/C14H16N2O5/c1-20-10-4-2-3-9(15-10)12-13(14(18)19)21-7-11(17)16(12)8-5-6-8/h2-4,8,12-13H,5-7H2,1H3,(H,18,19). The lowest BCUT2D eigenvalue weighted by atomic mass is 10.0. The Morgan fingerprint density at radius 2 is 2.24 bits per heavy atom. The smallest absolute Gasteiger partial charge is 0.335 e. The van der Waals surface area contributed by atoms with Gasteiger partial charge in [-0.1, -0.05) is 6.07 Å². The molecule has 2 fully saturated rings. The molecule has 2 heterocycles. The number of nitrogens with zero attached hydrogens (tertiary/aromatic N) is 2. The number of carbonyl (C=O) groups is 2. The Morgan fingerprint density at radius 1 is 1.48 bits per heavy atom. The predicted octanol–water partition coefficient (Wildman–Crippen LogP) is 0.606. The third kappa shape index (κ3) is 2.56. The van der Waals surface area contributed by atoms with Gasteiger partial charge >= 0.3 is 5.97 Å². The number of hydrogen-bond acceptors (Lipinski definition) is 5. The van der Waals surface area contributed by atoms with Crippen LogP contribution in [-0.2, 0) is 14.3 Å². The van der Waals surface area contributed by atoms with Gasteiger partial charge < -0.3 is 19.5 Å². The van der Waals surface area contributed by atoms with Gasteiger partial charge in [0.2, 0.25) is 11.8 Å². The molecule has 0 radical (unpaired) electrons. The molecular formula is C14H16N2O5. The van der Waals surface area contributed by atoms with E-state index >= 15 is 0 Å². The number of aromatic nitrogens is 1. The van der Waals surface area contributed by atoms with Crippen LogP contribution in [-0.4, -0.2) is 52.7 Å². The van der Waals surface area contributed by atoms with Crippen molar-refractivity contribution in [3.05, 3.63) is 23.9 Å². The van der Waals surface area contributed by atoms with Gasteiger partial charge in [-0.05, 0) is 18.9 Å². The molecule has 1 saturated carbocycles. The van der Waals surface area contributed by atoms with Gasteiger partial charge in [-0.15, -0.1) is 0 Å². The topological polar surface area (TPSA) is 89.0 Å². The molecule has 1 aliphatic heterocycles. The maximum Gasteiger partial charge on any atom is 0.335 e. The summed E-state index contributed by atoms with van der Waals surface area (Å²) in [5, 5.41) is 9.38. The van der Waals surface area contributed by atoms with Gasteiger partial charge in [-0.3, -0.25) is 4.79 Å². The molecule has 2 aliphatic rings. The fourth-order valence-electron chi connectivity index (χ4n) is 2.62. The van der Waals surface area contributed by atoms with Gasteiger partial charge in [0.15, 0.2) is 6.10 Å². The Kier molecular flexibility index (Phi) is 3.50. The van der Waals surface area contributed by atoms with E-state index in [4.69, 9.17) is 9.47 Å². The lowest BCUT2D eigenvalue weighted by Crippen LogP contribution is -2.52. The number of methoxy groups -OCH3 is 1. The molecule has 1 aromatic rings. The first-order valence-electron chi connectivity index (χ1n) is 6.78. The molecule has 7 nitrogen and oxygen atoms in total. The minimum absolute atomic E-state index is 0.0845. The molecule has 1 N–H and O–H groups in total. The zero-order valence-corrected chi connectivity index (χ0v) is 11.6. The summed E-state index contributed by atoms with van der Waals surface area (Å²) in [5.41, 5.74) is 0.474. The van der Waals surface area contributed by atoms with Crippen molar-refractivity contribution in [1.29, 1.82) is 0 Å². The predicted molar refractivity (Wildman–Crippen MR) is 70.8 cm³/mol. The van der Waals surface area contributed by atoms with Crippen LogP contribution < -0.4 is 4.74 Å². The molecule has 1 aliphatic carbocycles. The molecule has 21 heavy (non-hydrogen) atoms. The second-order valence-electron chi connectivity index (χ2n) is 5.15. The van der Waals surface area contributed by atoms with Gasteiger partial charge in [0.1, 0.15) is 12.6 Å². The van der Waals surface area contributed by atoms with Crippen molar-refractivity contribution in [3.8, 4) is 5.88 Å². The second kappa shape index (κ2) is 5.33. The zero-order chi connectivity index (χ0) is 15.0. The molecule has 112 valence electrons. The average molecular weight is 292 g/mol. The molecule has 2 unspecified atom stereocenters. The number of morpholine rings is 1. The Morgan fingerprint density at radius 3 is 2.86 bits per heavy atom. The van der Waals surface area contributed by atoms with Crippen LogP contribution in [0.15, 0.2) is 18.2 Å². The van der Waals surface area contributed by atoms with Crippen molar-refractivity contribution in [1.82, 2.24) is 9.88 Å². The fraction of sp³-hybridized carbons (Fsp3) is 0.500. The number of carboxylic acid groups (broad SMARTS) is 1. The summed E-state index contributed by atoms with van der Waals surface area (Å²) in [7, 11) is 1.49. The quantitative estimate of drug-likeness (QED) is 0.874. The normalized spacial score (nSPS) is 25.8. The number of carboxylic acids is 1. The summed E-state index contributed by atoms with van der Waals surface area (Å²) in [4.78, 5) is 29.5. The van der Waals surface area contributed by atoms with E-state index in [1.807, 2.05) is 0 Å². The molecule has 1 aromatic heterocycles. The fourth-order valence-corrected chi connectivity index (χ4v) is 2.62. The lowest BCUT2D eigenvalue weighted by molar-refractivity contribution is -0.174. The van der Waals surface area contributed by atoms with E-state index < -0.39 is 18.1 Å². The van der Waals surface area contributed by atoms with Gasteiger partial charge in [0.25, 0.3) is 0 Å². The first-order chi connectivity index (χ1) is 10.1. The Balaban J connectivity index is 2.01. The van der Waals surface area contributed by atoms with E-state index in [0.717, 1.165) is 12.8 Å². The number of ether oxygens (including phenoxy) is 2. The van der Waals surface area contributed by atoms with Crippen molar-refractivity contribution >= 4 is 11.9 Å². The number of pyridine rings is 1. The Labute approximate surface area is 121 Å². The first kappa shape index (κ1) is 13.8. The summed E-state index contributed by atoms with van der Waals surface area (Å²) < 4.78 is 10.3. The van der Waals surface area contributed by atoms with Crippen molar-refractivity contribution in [3.63, 3.8) is 0 Å². The van der Waals surface area contributed by atoms with E-state index in [1.165, 1.54) is 7.11 Å². The molecule has 0 bridgehead atoms. The van der Waals surface area contributed by atoms with Crippen LogP contribution in [0, 0.1) is 0 Å². The van der Waals surface area contributed by atoms with Crippen molar-refractivity contribution < 1.29 is 24.2 Å². The number of rotatable bonds is 4. The molecule has 1 amide bonds. The Hall–Kier alpha value is -2.15. The molecule has 0 spiro atoms. The molecule has 1 saturated heterocycles. The summed E-state index contributed by atoms with van der Waals surface area (Å²) in [6.07, 6.45) is 0.666. The highest BCUT2D eigenvalue weighted by atomic mass is 16.5.